The van der Waals surface area contributed by atoms with Gasteiger partial charge in [-0.1, -0.05) is 12.1 Å². The van der Waals surface area contributed by atoms with E-state index in [0.29, 0.717) is 12.8 Å². The number of primary amides is 1. The minimum absolute atomic E-state index is 0.0262. The molecule has 1 aromatic rings. The lowest BCUT2D eigenvalue weighted by Gasteiger charge is -2.28. The molecule has 1 unspecified atom stereocenters. The van der Waals surface area contributed by atoms with Gasteiger partial charge < -0.3 is 16.2 Å². The monoisotopic (exact) mass is 264 g/mol. The van der Waals surface area contributed by atoms with Crippen molar-refractivity contribution < 1.29 is 14.7 Å². The number of hydrogen-bond donors (Lipinski definition) is 3. The van der Waals surface area contributed by atoms with Crippen LogP contribution in [0.1, 0.15) is 31.7 Å². The third kappa shape index (κ3) is 4.62. The highest BCUT2D eigenvalue weighted by Crippen LogP contribution is 2.21. The van der Waals surface area contributed by atoms with Gasteiger partial charge in [-0.2, -0.15) is 0 Å². The Hall–Kier alpha value is -2.04. The van der Waals surface area contributed by atoms with Crippen molar-refractivity contribution in [3.8, 4) is 0 Å². The largest absolute Gasteiger partial charge is 0.481 e. The standard InChI is InChI=1S/C14H20N2O3/c1-10-5-3-6-11(9-10)16-14(2,13(15)19)8-4-7-12(17)18/h3,5-6,9,16H,4,7-8H2,1-2H3,(H2,15,19)(H,17,18). The second-order valence-electron chi connectivity index (χ2n) is 4.94. The number of amides is 1. The van der Waals surface area contributed by atoms with E-state index in [1.165, 1.54) is 0 Å². The maximum atomic E-state index is 11.6. The van der Waals surface area contributed by atoms with Crippen molar-refractivity contribution >= 4 is 17.6 Å². The molecule has 0 saturated carbocycles. The van der Waals surface area contributed by atoms with Gasteiger partial charge in [-0.05, 0) is 44.4 Å². The Balaban J connectivity index is 2.76. The van der Waals surface area contributed by atoms with Crippen LogP contribution in [0.15, 0.2) is 24.3 Å². The SMILES string of the molecule is Cc1cccc(NC(C)(CCCC(=O)O)C(N)=O)c1. The number of nitrogens with two attached hydrogens (primary N) is 1. The Labute approximate surface area is 112 Å². The van der Waals surface area contributed by atoms with Gasteiger partial charge in [0.15, 0.2) is 0 Å². The molecular formula is C14H20N2O3. The zero-order chi connectivity index (χ0) is 14.5. The molecule has 0 aliphatic rings. The summed E-state index contributed by atoms with van der Waals surface area (Å²) in [6, 6.07) is 7.61. The van der Waals surface area contributed by atoms with E-state index in [2.05, 4.69) is 5.32 Å². The van der Waals surface area contributed by atoms with Crippen molar-refractivity contribution in [2.24, 2.45) is 5.73 Å². The number of carbonyl (C=O) groups is 2. The van der Waals surface area contributed by atoms with E-state index in [0.717, 1.165) is 11.3 Å². The van der Waals surface area contributed by atoms with Gasteiger partial charge in [-0.3, -0.25) is 9.59 Å². The zero-order valence-electron chi connectivity index (χ0n) is 11.3. The predicted octanol–water partition coefficient (Wildman–Crippen LogP) is 1.91. The molecule has 4 N–H and O–H groups in total. The fourth-order valence-corrected chi connectivity index (χ4v) is 1.88. The second-order valence-corrected chi connectivity index (χ2v) is 4.94. The molecule has 5 nitrogen and oxygen atoms in total. The van der Waals surface area contributed by atoms with Gasteiger partial charge >= 0.3 is 5.97 Å². The first-order valence-corrected chi connectivity index (χ1v) is 6.20. The number of carboxylic acid groups (broad SMARTS) is 1. The molecule has 0 radical (unpaired) electrons. The van der Waals surface area contributed by atoms with Gasteiger partial charge in [0.2, 0.25) is 5.91 Å². The fraction of sp³-hybridized carbons (Fsp3) is 0.429. The number of hydrogen-bond acceptors (Lipinski definition) is 3. The van der Waals surface area contributed by atoms with Crippen LogP contribution in [0.4, 0.5) is 5.69 Å². The van der Waals surface area contributed by atoms with Crippen molar-refractivity contribution in [1.29, 1.82) is 0 Å². The number of anilines is 1. The van der Waals surface area contributed by atoms with E-state index in [4.69, 9.17) is 10.8 Å². The summed E-state index contributed by atoms with van der Waals surface area (Å²) in [6.07, 6.45) is 0.800. The van der Waals surface area contributed by atoms with E-state index in [1.807, 2.05) is 31.2 Å². The van der Waals surface area contributed by atoms with Gasteiger partial charge in [0.1, 0.15) is 5.54 Å². The topological polar surface area (TPSA) is 92.4 Å². The van der Waals surface area contributed by atoms with Gasteiger partial charge in [-0.25, -0.2) is 0 Å². The summed E-state index contributed by atoms with van der Waals surface area (Å²) >= 11 is 0. The van der Waals surface area contributed by atoms with Crippen LogP contribution >= 0.6 is 0 Å². The van der Waals surface area contributed by atoms with Gasteiger partial charge in [0.05, 0.1) is 0 Å². The van der Waals surface area contributed by atoms with Crippen molar-refractivity contribution in [2.75, 3.05) is 5.32 Å². The molecule has 104 valence electrons. The Morgan fingerprint density at radius 2 is 2.11 bits per heavy atom. The highest BCUT2D eigenvalue weighted by molar-refractivity contribution is 5.87. The van der Waals surface area contributed by atoms with Crippen molar-refractivity contribution in [3.63, 3.8) is 0 Å². The summed E-state index contributed by atoms with van der Waals surface area (Å²) in [5.41, 5.74) is 6.36. The fourth-order valence-electron chi connectivity index (χ4n) is 1.88. The number of rotatable bonds is 7. The lowest BCUT2D eigenvalue weighted by Crippen LogP contribution is -2.47. The first-order valence-electron chi connectivity index (χ1n) is 6.20. The van der Waals surface area contributed by atoms with Crippen LogP contribution in [0.3, 0.4) is 0 Å². The van der Waals surface area contributed by atoms with Crippen molar-refractivity contribution in [1.82, 2.24) is 0 Å². The third-order valence-electron chi connectivity index (χ3n) is 3.05. The maximum Gasteiger partial charge on any atom is 0.303 e. The molecule has 0 saturated heterocycles. The second kappa shape index (κ2) is 6.22. The van der Waals surface area contributed by atoms with Crippen LogP contribution in [0, 0.1) is 6.92 Å². The molecule has 0 aliphatic carbocycles. The molecule has 1 rings (SSSR count). The quantitative estimate of drug-likeness (QED) is 0.701. The zero-order valence-corrected chi connectivity index (χ0v) is 11.3. The molecule has 0 aliphatic heterocycles. The van der Waals surface area contributed by atoms with E-state index in [9.17, 15) is 9.59 Å². The van der Waals surface area contributed by atoms with E-state index >= 15 is 0 Å². The number of nitrogens with one attached hydrogen (secondary N) is 1. The Bertz CT molecular complexity index is 474. The average Bonchev–Trinajstić information content (AvgIpc) is 2.28. The van der Waals surface area contributed by atoms with Crippen LogP contribution in [-0.4, -0.2) is 22.5 Å². The molecule has 0 spiro atoms. The summed E-state index contributed by atoms with van der Waals surface area (Å²) in [6.45, 7) is 3.65. The number of aryl methyl sites for hydroxylation is 1. The van der Waals surface area contributed by atoms with Crippen LogP contribution in [0.25, 0.3) is 0 Å². The molecular weight excluding hydrogens is 244 g/mol. The lowest BCUT2D eigenvalue weighted by atomic mass is 9.93. The van der Waals surface area contributed by atoms with Gasteiger partial charge in [-0.15, -0.1) is 0 Å². The minimum atomic E-state index is -0.941. The smallest absolute Gasteiger partial charge is 0.303 e. The maximum absolute atomic E-state index is 11.6. The number of carboxylic acids is 1. The number of aliphatic carboxylic acids is 1. The summed E-state index contributed by atoms with van der Waals surface area (Å²) in [5.74, 6) is -1.36. The first kappa shape index (κ1) is 15.0. The molecule has 5 heteroatoms. The van der Waals surface area contributed by atoms with Gasteiger partial charge in [0.25, 0.3) is 0 Å². The number of carbonyl (C=O) groups excluding carboxylic acids is 1. The molecule has 0 bridgehead atoms. The average molecular weight is 264 g/mol. The van der Waals surface area contributed by atoms with Crippen molar-refractivity contribution in [3.05, 3.63) is 29.8 Å². The van der Waals surface area contributed by atoms with Gasteiger partial charge in [0, 0.05) is 12.1 Å². The van der Waals surface area contributed by atoms with Crippen molar-refractivity contribution in [2.45, 2.75) is 38.6 Å². The molecule has 0 fully saturated rings. The Morgan fingerprint density at radius 1 is 1.42 bits per heavy atom. The molecule has 1 amide bonds. The van der Waals surface area contributed by atoms with Crippen LogP contribution < -0.4 is 11.1 Å². The normalized spacial score (nSPS) is 13.6. The summed E-state index contributed by atoms with van der Waals surface area (Å²) in [4.78, 5) is 22.1. The van der Waals surface area contributed by atoms with E-state index in [-0.39, 0.29) is 6.42 Å². The highest BCUT2D eigenvalue weighted by Gasteiger charge is 2.30. The highest BCUT2D eigenvalue weighted by atomic mass is 16.4. The molecule has 0 aromatic heterocycles. The Morgan fingerprint density at radius 3 is 2.63 bits per heavy atom. The van der Waals surface area contributed by atoms with Crippen LogP contribution in [0.5, 0.6) is 0 Å². The minimum Gasteiger partial charge on any atom is -0.481 e. The molecule has 1 aromatic carbocycles. The molecule has 1 atom stereocenters. The lowest BCUT2D eigenvalue weighted by molar-refractivity contribution is -0.137. The third-order valence-corrected chi connectivity index (χ3v) is 3.05. The number of benzene rings is 1. The van der Waals surface area contributed by atoms with Crippen LogP contribution in [0.2, 0.25) is 0 Å². The summed E-state index contributed by atoms with van der Waals surface area (Å²) < 4.78 is 0. The van der Waals surface area contributed by atoms with E-state index < -0.39 is 17.4 Å². The summed E-state index contributed by atoms with van der Waals surface area (Å²) in [5, 5.41) is 11.7. The summed E-state index contributed by atoms with van der Waals surface area (Å²) in [7, 11) is 0. The molecule has 19 heavy (non-hydrogen) atoms. The first-order chi connectivity index (χ1) is 8.83. The molecule has 0 heterocycles. The predicted molar refractivity (Wildman–Crippen MR) is 73.9 cm³/mol. The van der Waals surface area contributed by atoms with E-state index in [1.54, 1.807) is 6.92 Å². The van der Waals surface area contributed by atoms with Crippen LogP contribution in [-0.2, 0) is 9.59 Å². The Kier molecular flexibility index (Phi) is 4.92.